The molecule has 1 aromatic rings. The molecule has 98 valence electrons. The number of nitrogens with one attached hydrogen (secondary N) is 1. The van der Waals surface area contributed by atoms with Crippen molar-refractivity contribution in [3.63, 3.8) is 0 Å². The van der Waals surface area contributed by atoms with E-state index in [2.05, 4.69) is 5.32 Å². The molecule has 4 N–H and O–H groups in total. The number of carbonyl (C=O) groups is 2. The van der Waals surface area contributed by atoms with Crippen LogP contribution in [0.2, 0.25) is 0 Å². The molecule has 0 saturated carbocycles. The van der Waals surface area contributed by atoms with Crippen molar-refractivity contribution in [1.29, 1.82) is 0 Å². The van der Waals surface area contributed by atoms with Gasteiger partial charge in [0.2, 0.25) is 5.91 Å². The van der Waals surface area contributed by atoms with Crippen LogP contribution in [0.4, 0.5) is 10.1 Å². The molecule has 0 spiro atoms. The number of nitrogens with two attached hydrogens (primary N) is 1. The molecule has 0 radical (unpaired) electrons. The van der Waals surface area contributed by atoms with Gasteiger partial charge in [-0.1, -0.05) is 0 Å². The number of hydrogen-bond donors (Lipinski definition) is 3. The summed E-state index contributed by atoms with van der Waals surface area (Å²) in [5.41, 5.74) is 4.31. The minimum absolute atomic E-state index is 0.0963. The third-order valence-electron chi connectivity index (χ3n) is 2.59. The van der Waals surface area contributed by atoms with Crippen LogP contribution in [0.5, 0.6) is 0 Å². The van der Waals surface area contributed by atoms with Crippen LogP contribution in [0, 0.1) is 11.2 Å². The van der Waals surface area contributed by atoms with Gasteiger partial charge in [0.25, 0.3) is 0 Å². The maximum absolute atomic E-state index is 13.4. The molecule has 0 aliphatic heterocycles. The van der Waals surface area contributed by atoms with Crippen LogP contribution in [0.15, 0.2) is 18.2 Å². The summed E-state index contributed by atoms with van der Waals surface area (Å²) in [7, 11) is 0. The minimum atomic E-state index is -1.19. The zero-order chi connectivity index (χ0) is 13.9. The largest absolute Gasteiger partial charge is 0.478 e. The Morgan fingerprint density at radius 2 is 2.06 bits per heavy atom. The molecule has 0 saturated heterocycles. The second-order valence-corrected chi connectivity index (χ2v) is 4.54. The van der Waals surface area contributed by atoms with Crippen LogP contribution in [-0.2, 0) is 4.79 Å². The van der Waals surface area contributed by atoms with Gasteiger partial charge in [-0.3, -0.25) is 4.79 Å². The van der Waals surface area contributed by atoms with Crippen molar-refractivity contribution in [2.24, 2.45) is 11.1 Å². The minimum Gasteiger partial charge on any atom is -0.478 e. The monoisotopic (exact) mass is 254 g/mol. The molecule has 5 nitrogen and oxygen atoms in total. The lowest BCUT2D eigenvalue weighted by Crippen LogP contribution is -2.37. The second-order valence-electron chi connectivity index (χ2n) is 4.54. The molecular formula is C12H15FN2O3. The number of carbonyl (C=O) groups excluding carboxylic acids is 1. The summed E-state index contributed by atoms with van der Waals surface area (Å²) in [6, 6.07) is 3.19. The van der Waals surface area contributed by atoms with Gasteiger partial charge >= 0.3 is 5.97 Å². The van der Waals surface area contributed by atoms with Crippen molar-refractivity contribution in [3.05, 3.63) is 29.6 Å². The van der Waals surface area contributed by atoms with Gasteiger partial charge in [0.1, 0.15) is 5.82 Å². The Morgan fingerprint density at radius 3 is 2.56 bits per heavy atom. The first kappa shape index (κ1) is 14.1. The molecule has 1 rings (SSSR count). The summed E-state index contributed by atoms with van der Waals surface area (Å²) in [6.07, 6.45) is 0. The number of rotatable bonds is 4. The lowest BCUT2D eigenvalue weighted by Gasteiger charge is -2.21. The van der Waals surface area contributed by atoms with Gasteiger partial charge in [0.15, 0.2) is 0 Å². The van der Waals surface area contributed by atoms with Crippen LogP contribution in [0.25, 0.3) is 0 Å². The first-order chi connectivity index (χ1) is 8.27. The van der Waals surface area contributed by atoms with Crippen molar-refractivity contribution < 1.29 is 19.1 Å². The van der Waals surface area contributed by atoms with Gasteiger partial charge in [0.05, 0.1) is 16.7 Å². The highest BCUT2D eigenvalue weighted by molar-refractivity contribution is 5.96. The smallest absolute Gasteiger partial charge is 0.335 e. The van der Waals surface area contributed by atoms with Crippen LogP contribution in [0.3, 0.4) is 0 Å². The van der Waals surface area contributed by atoms with Gasteiger partial charge < -0.3 is 16.2 Å². The predicted octanol–water partition coefficient (Wildman–Crippen LogP) is 1.45. The molecule has 1 aromatic carbocycles. The summed E-state index contributed by atoms with van der Waals surface area (Å²) in [5.74, 6) is -2.35. The third-order valence-corrected chi connectivity index (χ3v) is 2.59. The van der Waals surface area contributed by atoms with Crippen LogP contribution in [0.1, 0.15) is 24.2 Å². The van der Waals surface area contributed by atoms with Gasteiger partial charge in [0, 0.05) is 6.54 Å². The predicted molar refractivity (Wildman–Crippen MR) is 64.8 cm³/mol. The standard InChI is InChI=1S/C12H15FN2O3/c1-12(2,6-14)11(18)15-9-5-7(10(16)17)3-4-8(9)13/h3-5H,6,14H2,1-2H3,(H,15,18)(H,16,17). The zero-order valence-electron chi connectivity index (χ0n) is 10.2. The Kier molecular flexibility index (Phi) is 4.03. The van der Waals surface area contributed by atoms with Crippen molar-refractivity contribution in [2.45, 2.75) is 13.8 Å². The number of anilines is 1. The molecule has 0 bridgehead atoms. The fraction of sp³-hybridized carbons (Fsp3) is 0.333. The maximum Gasteiger partial charge on any atom is 0.335 e. The normalized spacial score (nSPS) is 11.1. The van der Waals surface area contributed by atoms with Crippen molar-refractivity contribution >= 4 is 17.6 Å². The number of benzene rings is 1. The van der Waals surface area contributed by atoms with Crippen molar-refractivity contribution in [1.82, 2.24) is 0 Å². The van der Waals surface area contributed by atoms with E-state index in [-0.39, 0.29) is 17.8 Å². The number of aromatic carboxylic acids is 1. The number of carboxylic acids is 1. The quantitative estimate of drug-likeness (QED) is 0.758. The van der Waals surface area contributed by atoms with E-state index in [9.17, 15) is 14.0 Å². The second kappa shape index (κ2) is 5.14. The number of halogens is 1. The highest BCUT2D eigenvalue weighted by Gasteiger charge is 2.26. The number of carboxylic acid groups (broad SMARTS) is 1. The van der Waals surface area contributed by atoms with Crippen LogP contribution in [-0.4, -0.2) is 23.5 Å². The van der Waals surface area contributed by atoms with Gasteiger partial charge in [-0.05, 0) is 32.0 Å². The Hall–Kier alpha value is -1.95. The first-order valence-corrected chi connectivity index (χ1v) is 5.32. The summed E-state index contributed by atoms with van der Waals surface area (Å²) in [4.78, 5) is 22.5. The molecule has 18 heavy (non-hydrogen) atoms. The average molecular weight is 254 g/mol. The molecule has 0 aliphatic rings. The van der Waals surface area contributed by atoms with E-state index in [0.29, 0.717) is 0 Å². The van der Waals surface area contributed by atoms with E-state index in [4.69, 9.17) is 10.8 Å². The number of amides is 1. The molecule has 0 atom stereocenters. The zero-order valence-corrected chi connectivity index (χ0v) is 10.2. The summed E-state index contributed by atoms with van der Waals surface area (Å²) in [6.45, 7) is 3.32. The van der Waals surface area contributed by atoms with Crippen LogP contribution >= 0.6 is 0 Å². The molecule has 0 heterocycles. The summed E-state index contributed by atoms with van der Waals surface area (Å²) >= 11 is 0. The Bertz CT molecular complexity index is 486. The van der Waals surface area contributed by atoms with Gasteiger partial charge in [-0.15, -0.1) is 0 Å². The molecule has 0 aromatic heterocycles. The molecule has 0 fully saturated rings. The SMILES string of the molecule is CC(C)(CN)C(=O)Nc1cc(C(=O)O)ccc1F. The molecule has 6 heteroatoms. The summed E-state index contributed by atoms with van der Waals surface area (Å²) in [5, 5.41) is 11.1. The molecule has 0 aliphatic carbocycles. The highest BCUT2D eigenvalue weighted by Crippen LogP contribution is 2.20. The third kappa shape index (κ3) is 3.04. The van der Waals surface area contributed by atoms with Gasteiger partial charge in [-0.2, -0.15) is 0 Å². The molecule has 1 amide bonds. The van der Waals surface area contributed by atoms with E-state index in [1.165, 1.54) is 0 Å². The fourth-order valence-electron chi connectivity index (χ4n) is 1.14. The average Bonchev–Trinajstić information content (AvgIpc) is 2.31. The molecule has 0 unspecified atom stereocenters. The van der Waals surface area contributed by atoms with Crippen LogP contribution < -0.4 is 11.1 Å². The topological polar surface area (TPSA) is 92.4 Å². The van der Waals surface area contributed by atoms with E-state index >= 15 is 0 Å². The van der Waals surface area contributed by atoms with E-state index in [1.54, 1.807) is 13.8 Å². The lowest BCUT2D eigenvalue weighted by molar-refractivity contribution is -0.123. The lowest BCUT2D eigenvalue weighted by atomic mass is 9.92. The van der Waals surface area contributed by atoms with Gasteiger partial charge in [-0.25, -0.2) is 9.18 Å². The fourth-order valence-corrected chi connectivity index (χ4v) is 1.14. The summed E-state index contributed by atoms with van der Waals surface area (Å²) < 4.78 is 13.4. The van der Waals surface area contributed by atoms with E-state index < -0.39 is 23.1 Å². The Balaban J connectivity index is 3.01. The van der Waals surface area contributed by atoms with Crippen molar-refractivity contribution in [3.8, 4) is 0 Å². The number of hydrogen-bond acceptors (Lipinski definition) is 3. The maximum atomic E-state index is 13.4. The van der Waals surface area contributed by atoms with E-state index in [1.807, 2.05) is 0 Å². The molecular weight excluding hydrogens is 239 g/mol. The van der Waals surface area contributed by atoms with Crippen molar-refractivity contribution in [2.75, 3.05) is 11.9 Å². The van der Waals surface area contributed by atoms with E-state index in [0.717, 1.165) is 18.2 Å². The Morgan fingerprint density at radius 1 is 1.44 bits per heavy atom. The first-order valence-electron chi connectivity index (χ1n) is 5.32. The Labute approximate surface area is 104 Å². The highest BCUT2D eigenvalue weighted by atomic mass is 19.1.